The fraction of sp³-hybridized carbons (Fsp3) is 0.100. The SMILES string of the molecule is Cc1ccc(-c2cc(N)no2)c(Cl)c1F. The minimum absolute atomic E-state index is 0.0196. The van der Waals surface area contributed by atoms with Crippen LogP contribution in [0.3, 0.4) is 0 Å². The van der Waals surface area contributed by atoms with Crippen LogP contribution in [0.2, 0.25) is 5.02 Å². The van der Waals surface area contributed by atoms with E-state index in [9.17, 15) is 4.39 Å². The van der Waals surface area contributed by atoms with E-state index in [-0.39, 0.29) is 10.8 Å². The molecule has 2 aromatic rings. The Balaban J connectivity index is 2.59. The van der Waals surface area contributed by atoms with Crippen molar-refractivity contribution in [3.05, 3.63) is 34.6 Å². The quantitative estimate of drug-likeness (QED) is 0.813. The first-order chi connectivity index (χ1) is 7.09. The monoisotopic (exact) mass is 226 g/mol. The maximum absolute atomic E-state index is 13.5. The van der Waals surface area contributed by atoms with Gasteiger partial charge in [0.05, 0.1) is 5.02 Å². The topological polar surface area (TPSA) is 52.0 Å². The summed E-state index contributed by atoms with van der Waals surface area (Å²) >= 11 is 5.84. The van der Waals surface area contributed by atoms with Crippen molar-refractivity contribution in [1.82, 2.24) is 5.16 Å². The van der Waals surface area contributed by atoms with Crippen LogP contribution in [0.5, 0.6) is 0 Å². The molecule has 0 radical (unpaired) electrons. The Kier molecular flexibility index (Phi) is 2.36. The first kappa shape index (κ1) is 9.98. The number of nitrogens with zero attached hydrogens (tertiary/aromatic N) is 1. The maximum atomic E-state index is 13.5. The summed E-state index contributed by atoms with van der Waals surface area (Å²) in [6.07, 6.45) is 0. The van der Waals surface area contributed by atoms with Gasteiger partial charge in [-0.2, -0.15) is 0 Å². The van der Waals surface area contributed by atoms with Gasteiger partial charge in [0.15, 0.2) is 11.6 Å². The maximum Gasteiger partial charge on any atom is 0.170 e. The molecule has 1 heterocycles. The summed E-state index contributed by atoms with van der Waals surface area (Å²) in [6, 6.07) is 4.78. The van der Waals surface area contributed by atoms with Gasteiger partial charge < -0.3 is 10.3 Å². The van der Waals surface area contributed by atoms with Crippen molar-refractivity contribution >= 4 is 17.4 Å². The highest BCUT2D eigenvalue weighted by Gasteiger charge is 2.14. The molecule has 0 aliphatic heterocycles. The number of nitrogens with two attached hydrogens (primary N) is 1. The Morgan fingerprint density at radius 1 is 1.47 bits per heavy atom. The highest BCUT2D eigenvalue weighted by Crippen LogP contribution is 2.32. The van der Waals surface area contributed by atoms with Gasteiger partial charge >= 0.3 is 0 Å². The van der Waals surface area contributed by atoms with E-state index in [1.165, 1.54) is 6.07 Å². The van der Waals surface area contributed by atoms with Gasteiger partial charge in [-0.3, -0.25) is 0 Å². The zero-order valence-electron chi connectivity index (χ0n) is 7.92. The number of hydrogen-bond acceptors (Lipinski definition) is 3. The molecule has 3 nitrogen and oxygen atoms in total. The summed E-state index contributed by atoms with van der Waals surface area (Å²) in [5.74, 6) is 0.141. The van der Waals surface area contributed by atoms with Gasteiger partial charge in [0, 0.05) is 11.6 Å². The van der Waals surface area contributed by atoms with E-state index in [1.807, 2.05) is 0 Å². The lowest BCUT2D eigenvalue weighted by atomic mass is 10.1. The van der Waals surface area contributed by atoms with Gasteiger partial charge in [0.25, 0.3) is 0 Å². The average molecular weight is 227 g/mol. The van der Waals surface area contributed by atoms with Gasteiger partial charge in [-0.25, -0.2) is 4.39 Å². The van der Waals surface area contributed by atoms with E-state index >= 15 is 0 Å². The number of aromatic nitrogens is 1. The van der Waals surface area contributed by atoms with Crippen LogP contribution < -0.4 is 5.73 Å². The summed E-state index contributed by atoms with van der Waals surface area (Å²) < 4.78 is 18.4. The highest BCUT2D eigenvalue weighted by molar-refractivity contribution is 6.33. The number of anilines is 1. The van der Waals surface area contributed by atoms with Crippen molar-refractivity contribution in [3.8, 4) is 11.3 Å². The molecule has 0 spiro atoms. The van der Waals surface area contributed by atoms with Crippen LogP contribution in [-0.2, 0) is 0 Å². The zero-order chi connectivity index (χ0) is 11.0. The summed E-state index contributed by atoms with van der Waals surface area (Å²) in [5, 5.41) is 3.53. The highest BCUT2D eigenvalue weighted by atomic mass is 35.5. The van der Waals surface area contributed by atoms with Crippen molar-refractivity contribution in [2.75, 3.05) is 5.73 Å². The Morgan fingerprint density at radius 2 is 2.20 bits per heavy atom. The second-order valence-electron chi connectivity index (χ2n) is 3.17. The molecule has 0 bridgehead atoms. The van der Waals surface area contributed by atoms with E-state index in [0.29, 0.717) is 16.9 Å². The second-order valence-corrected chi connectivity index (χ2v) is 3.55. The fourth-order valence-corrected chi connectivity index (χ4v) is 1.56. The minimum atomic E-state index is -0.455. The molecule has 2 rings (SSSR count). The van der Waals surface area contributed by atoms with Crippen molar-refractivity contribution < 1.29 is 8.91 Å². The number of nitrogen functional groups attached to an aromatic ring is 1. The Bertz CT molecular complexity index is 510. The minimum Gasteiger partial charge on any atom is -0.381 e. The van der Waals surface area contributed by atoms with Gasteiger partial charge in [-0.1, -0.05) is 22.8 Å². The average Bonchev–Trinajstić information content (AvgIpc) is 2.61. The number of benzene rings is 1. The molecule has 78 valence electrons. The van der Waals surface area contributed by atoms with Crippen LogP contribution in [0.1, 0.15) is 5.56 Å². The van der Waals surface area contributed by atoms with Gasteiger partial charge in [0.2, 0.25) is 0 Å². The van der Waals surface area contributed by atoms with E-state index in [4.69, 9.17) is 21.9 Å². The lowest BCUT2D eigenvalue weighted by Gasteiger charge is -2.03. The van der Waals surface area contributed by atoms with Gasteiger partial charge in [-0.15, -0.1) is 0 Å². The van der Waals surface area contributed by atoms with Crippen molar-refractivity contribution in [2.45, 2.75) is 6.92 Å². The molecule has 0 fully saturated rings. The van der Waals surface area contributed by atoms with Crippen LogP contribution in [0.4, 0.5) is 10.2 Å². The van der Waals surface area contributed by atoms with E-state index < -0.39 is 5.82 Å². The number of hydrogen-bond donors (Lipinski definition) is 1. The predicted octanol–water partition coefficient (Wildman–Crippen LogP) is 3.02. The van der Waals surface area contributed by atoms with Crippen LogP contribution in [0, 0.1) is 12.7 Å². The molecule has 0 saturated carbocycles. The molecule has 15 heavy (non-hydrogen) atoms. The first-order valence-electron chi connectivity index (χ1n) is 4.26. The molecular formula is C10H8ClFN2O. The number of aryl methyl sites for hydroxylation is 1. The third-order valence-electron chi connectivity index (χ3n) is 2.07. The summed E-state index contributed by atoms with van der Waals surface area (Å²) in [7, 11) is 0. The van der Waals surface area contributed by atoms with E-state index in [0.717, 1.165) is 0 Å². The van der Waals surface area contributed by atoms with Crippen molar-refractivity contribution in [3.63, 3.8) is 0 Å². The van der Waals surface area contributed by atoms with Gasteiger partial charge in [-0.05, 0) is 18.6 Å². The Morgan fingerprint density at radius 3 is 2.80 bits per heavy atom. The zero-order valence-corrected chi connectivity index (χ0v) is 8.68. The number of rotatable bonds is 1. The summed E-state index contributed by atoms with van der Waals surface area (Å²) in [6.45, 7) is 1.64. The van der Waals surface area contributed by atoms with Crippen LogP contribution in [-0.4, -0.2) is 5.16 Å². The molecule has 0 atom stereocenters. The molecular weight excluding hydrogens is 219 g/mol. The summed E-state index contributed by atoms with van der Waals surface area (Å²) in [5.41, 5.74) is 6.32. The molecule has 0 amide bonds. The summed E-state index contributed by atoms with van der Waals surface area (Å²) in [4.78, 5) is 0. The smallest absolute Gasteiger partial charge is 0.170 e. The first-order valence-corrected chi connectivity index (χ1v) is 4.64. The standard InChI is InChI=1S/C10H8ClFN2O/c1-5-2-3-6(9(11)10(5)12)7-4-8(13)14-15-7/h2-4H,1H3,(H2,13,14). The molecule has 1 aromatic heterocycles. The van der Waals surface area contributed by atoms with Crippen LogP contribution in [0.25, 0.3) is 11.3 Å². The third kappa shape index (κ3) is 1.68. The molecule has 1 aromatic carbocycles. The predicted molar refractivity (Wildman–Crippen MR) is 56.1 cm³/mol. The van der Waals surface area contributed by atoms with Gasteiger partial charge in [0.1, 0.15) is 5.82 Å². The fourth-order valence-electron chi connectivity index (χ4n) is 1.25. The van der Waals surface area contributed by atoms with E-state index in [1.54, 1.807) is 19.1 Å². The molecule has 0 saturated heterocycles. The van der Waals surface area contributed by atoms with Crippen LogP contribution >= 0.6 is 11.6 Å². The largest absolute Gasteiger partial charge is 0.381 e. The Hall–Kier alpha value is -1.55. The molecule has 0 aliphatic carbocycles. The second kappa shape index (κ2) is 3.55. The third-order valence-corrected chi connectivity index (χ3v) is 2.44. The van der Waals surface area contributed by atoms with Crippen molar-refractivity contribution in [1.29, 1.82) is 0 Å². The molecule has 0 unspecified atom stereocenters. The van der Waals surface area contributed by atoms with E-state index in [2.05, 4.69) is 5.16 Å². The normalized spacial score (nSPS) is 10.6. The lowest BCUT2D eigenvalue weighted by Crippen LogP contribution is -1.86. The molecule has 5 heteroatoms. The Labute approximate surface area is 90.6 Å². The lowest BCUT2D eigenvalue weighted by molar-refractivity contribution is 0.435. The van der Waals surface area contributed by atoms with Crippen LogP contribution in [0.15, 0.2) is 22.7 Å². The number of halogens is 2. The molecule has 2 N–H and O–H groups in total. The molecule has 0 aliphatic rings. The van der Waals surface area contributed by atoms with Crippen molar-refractivity contribution in [2.24, 2.45) is 0 Å².